The van der Waals surface area contributed by atoms with Crippen molar-refractivity contribution in [2.75, 3.05) is 74.6 Å². The normalized spacial score (nSPS) is 23.0. The lowest BCUT2D eigenvalue weighted by Crippen LogP contribution is -2.44. The van der Waals surface area contributed by atoms with Gasteiger partial charge in [0.05, 0.1) is 48.4 Å². The second kappa shape index (κ2) is 11.1. The smallest absolute Gasteiger partial charge is 0.225 e. The molecule has 0 spiro atoms. The van der Waals surface area contributed by atoms with Crippen LogP contribution < -0.4 is 19.9 Å². The molecule has 0 unspecified atom stereocenters. The van der Waals surface area contributed by atoms with Crippen molar-refractivity contribution in [3.05, 3.63) is 30.7 Å². The SMILES string of the molecule is CN1CCN(c2cnc(NC3CCC(Oc4nc(N5CCOCC5)cc5ncc(O)cc45)CC3)nc2)CC1. The number of pyridine rings is 2. The lowest BCUT2D eigenvalue weighted by Gasteiger charge is -2.33. The maximum absolute atomic E-state index is 10.1. The summed E-state index contributed by atoms with van der Waals surface area (Å²) in [4.78, 5) is 25.3. The summed E-state index contributed by atoms with van der Waals surface area (Å²) in [5.74, 6) is 2.16. The zero-order valence-electron chi connectivity index (χ0n) is 21.9. The summed E-state index contributed by atoms with van der Waals surface area (Å²) >= 11 is 0. The van der Waals surface area contributed by atoms with Gasteiger partial charge in [-0.25, -0.2) is 9.97 Å². The number of aromatic nitrogens is 4. The number of piperazine rings is 1. The third-order valence-corrected chi connectivity index (χ3v) is 7.74. The summed E-state index contributed by atoms with van der Waals surface area (Å²) in [6, 6.07) is 3.95. The van der Waals surface area contributed by atoms with Crippen molar-refractivity contribution < 1.29 is 14.6 Å². The van der Waals surface area contributed by atoms with Crippen molar-refractivity contribution in [1.82, 2.24) is 24.8 Å². The number of ether oxygens (including phenoxy) is 2. The first-order valence-corrected chi connectivity index (χ1v) is 13.6. The first-order chi connectivity index (χ1) is 18.6. The van der Waals surface area contributed by atoms with E-state index in [1.165, 1.54) is 6.20 Å². The Morgan fingerprint density at radius 1 is 0.895 bits per heavy atom. The van der Waals surface area contributed by atoms with Gasteiger partial charge in [0, 0.05) is 51.4 Å². The summed E-state index contributed by atoms with van der Waals surface area (Å²) < 4.78 is 12.0. The van der Waals surface area contributed by atoms with Gasteiger partial charge in [0.2, 0.25) is 11.8 Å². The Morgan fingerprint density at radius 2 is 1.63 bits per heavy atom. The standard InChI is InChI=1S/C27H36N8O3/c1-33-6-8-34(9-7-33)20-16-29-27(30-17-20)31-19-2-4-22(5-3-19)38-26-23-14-21(36)18-28-24(23)15-25(32-26)35-10-12-37-13-11-35/h14-19,22,36H,2-13H2,1H3,(H,29,30,31). The Labute approximate surface area is 222 Å². The van der Waals surface area contributed by atoms with Gasteiger partial charge in [0.1, 0.15) is 17.7 Å². The van der Waals surface area contributed by atoms with Gasteiger partial charge in [-0.1, -0.05) is 0 Å². The third-order valence-electron chi connectivity index (χ3n) is 7.74. The van der Waals surface area contributed by atoms with Crippen molar-refractivity contribution in [2.24, 2.45) is 0 Å². The van der Waals surface area contributed by atoms with Gasteiger partial charge in [-0.3, -0.25) is 4.98 Å². The van der Waals surface area contributed by atoms with Crippen LogP contribution in [0.4, 0.5) is 17.5 Å². The molecule has 11 nitrogen and oxygen atoms in total. The average Bonchev–Trinajstić information content (AvgIpc) is 2.95. The van der Waals surface area contributed by atoms with Gasteiger partial charge < -0.3 is 34.6 Å². The van der Waals surface area contributed by atoms with Crippen LogP contribution in [-0.2, 0) is 4.74 Å². The summed E-state index contributed by atoms with van der Waals surface area (Å²) in [7, 11) is 2.16. The fourth-order valence-corrected chi connectivity index (χ4v) is 5.40. The van der Waals surface area contributed by atoms with Gasteiger partial charge in [-0.15, -0.1) is 0 Å². The molecule has 6 rings (SSSR count). The number of fused-ring (bicyclic) bond motifs is 1. The average molecular weight is 521 g/mol. The molecule has 0 bridgehead atoms. The maximum atomic E-state index is 10.1. The molecule has 2 aliphatic heterocycles. The van der Waals surface area contributed by atoms with E-state index in [0.29, 0.717) is 31.1 Å². The van der Waals surface area contributed by atoms with E-state index in [-0.39, 0.29) is 11.9 Å². The molecule has 202 valence electrons. The molecule has 0 amide bonds. The van der Waals surface area contributed by atoms with E-state index >= 15 is 0 Å². The van der Waals surface area contributed by atoms with Crippen LogP contribution in [0.5, 0.6) is 11.6 Å². The Morgan fingerprint density at radius 3 is 2.37 bits per heavy atom. The fourth-order valence-electron chi connectivity index (χ4n) is 5.40. The third kappa shape index (κ3) is 5.68. The molecular formula is C27H36N8O3. The number of hydrogen-bond acceptors (Lipinski definition) is 11. The van der Waals surface area contributed by atoms with E-state index in [1.54, 1.807) is 6.07 Å². The van der Waals surface area contributed by atoms with Crippen molar-refractivity contribution in [3.8, 4) is 11.6 Å². The quantitative estimate of drug-likeness (QED) is 0.500. The van der Waals surface area contributed by atoms with Crippen molar-refractivity contribution in [2.45, 2.75) is 37.8 Å². The Bertz CT molecular complexity index is 1220. The highest BCUT2D eigenvalue weighted by Gasteiger charge is 2.25. The molecule has 38 heavy (non-hydrogen) atoms. The van der Waals surface area contributed by atoms with Gasteiger partial charge >= 0.3 is 0 Å². The number of anilines is 3. The molecule has 3 aromatic heterocycles. The number of hydrogen-bond donors (Lipinski definition) is 2. The minimum Gasteiger partial charge on any atom is -0.506 e. The number of aromatic hydroxyl groups is 1. The summed E-state index contributed by atoms with van der Waals surface area (Å²) in [5, 5.41) is 14.3. The molecule has 3 aliphatic rings. The van der Waals surface area contributed by atoms with Crippen LogP contribution in [0.2, 0.25) is 0 Å². The first-order valence-electron chi connectivity index (χ1n) is 13.6. The molecule has 2 saturated heterocycles. The monoisotopic (exact) mass is 520 g/mol. The minimum atomic E-state index is 0.0477. The van der Waals surface area contributed by atoms with Crippen molar-refractivity contribution in [3.63, 3.8) is 0 Å². The van der Waals surface area contributed by atoms with Crippen LogP contribution in [0.25, 0.3) is 10.9 Å². The second-order valence-electron chi connectivity index (χ2n) is 10.4. The highest BCUT2D eigenvalue weighted by molar-refractivity contribution is 5.86. The number of nitrogens with one attached hydrogen (secondary N) is 1. The van der Waals surface area contributed by atoms with Gasteiger partial charge in [-0.2, -0.15) is 4.98 Å². The molecule has 0 aromatic carbocycles. The highest BCUT2D eigenvalue weighted by Crippen LogP contribution is 2.33. The number of likely N-dealkylation sites (N-methyl/N-ethyl adjacent to an activating group) is 1. The molecule has 1 saturated carbocycles. The van der Waals surface area contributed by atoms with E-state index in [1.807, 2.05) is 18.5 Å². The van der Waals surface area contributed by atoms with E-state index in [2.05, 4.69) is 42.0 Å². The Hall–Kier alpha value is -3.44. The highest BCUT2D eigenvalue weighted by atomic mass is 16.5. The van der Waals surface area contributed by atoms with E-state index in [4.69, 9.17) is 14.5 Å². The topological polar surface area (TPSA) is 112 Å². The van der Waals surface area contributed by atoms with Gasteiger partial charge in [0.15, 0.2) is 0 Å². The molecule has 0 atom stereocenters. The Balaban J connectivity index is 1.08. The fraction of sp³-hybridized carbons (Fsp3) is 0.556. The lowest BCUT2D eigenvalue weighted by atomic mass is 9.93. The molecular weight excluding hydrogens is 484 g/mol. The van der Waals surface area contributed by atoms with E-state index < -0.39 is 0 Å². The molecule has 5 heterocycles. The maximum Gasteiger partial charge on any atom is 0.225 e. The molecule has 11 heteroatoms. The number of rotatable bonds is 6. The Kier molecular flexibility index (Phi) is 7.28. The number of nitrogens with zero attached hydrogens (tertiary/aromatic N) is 7. The van der Waals surface area contributed by atoms with Crippen LogP contribution in [0.3, 0.4) is 0 Å². The lowest BCUT2D eigenvalue weighted by molar-refractivity contribution is 0.122. The molecule has 3 fully saturated rings. The van der Waals surface area contributed by atoms with E-state index in [0.717, 1.165) is 87.4 Å². The molecule has 3 aromatic rings. The predicted octanol–water partition coefficient (Wildman–Crippen LogP) is 2.52. The van der Waals surface area contributed by atoms with Crippen LogP contribution >= 0.6 is 0 Å². The van der Waals surface area contributed by atoms with Crippen molar-refractivity contribution >= 4 is 28.4 Å². The number of morpholine rings is 1. The summed E-state index contributed by atoms with van der Waals surface area (Å²) in [5.41, 5.74) is 1.85. The van der Waals surface area contributed by atoms with Crippen molar-refractivity contribution in [1.29, 1.82) is 0 Å². The van der Waals surface area contributed by atoms with Crippen LogP contribution in [0.15, 0.2) is 30.7 Å². The largest absolute Gasteiger partial charge is 0.506 e. The molecule has 1 aliphatic carbocycles. The zero-order valence-corrected chi connectivity index (χ0v) is 21.9. The predicted molar refractivity (Wildman–Crippen MR) is 146 cm³/mol. The van der Waals surface area contributed by atoms with Gasteiger partial charge in [-0.05, 0) is 38.8 Å². The minimum absolute atomic E-state index is 0.0477. The second-order valence-corrected chi connectivity index (χ2v) is 10.4. The molecule has 2 N–H and O–H groups in total. The summed E-state index contributed by atoms with van der Waals surface area (Å²) in [6.45, 7) is 7.06. The summed E-state index contributed by atoms with van der Waals surface area (Å²) in [6.07, 6.45) is 9.08. The zero-order chi connectivity index (χ0) is 25.9. The van der Waals surface area contributed by atoms with Crippen LogP contribution in [0.1, 0.15) is 25.7 Å². The van der Waals surface area contributed by atoms with Gasteiger partial charge in [0.25, 0.3) is 0 Å². The van der Waals surface area contributed by atoms with Crippen LogP contribution in [-0.4, -0.2) is 102 Å². The first kappa shape index (κ1) is 24.9. The van der Waals surface area contributed by atoms with E-state index in [9.17, 15) is 5.11 Å². The molecule has 0 radical (unpaired) electrons. The van der Waals surface area contributed by atoms with Crippen LogP contribution in [0, 0.1) is 0 Å².